The molecule has 146 valence electrons. The van der Waals surface area contributed by atoms with Crippen LogP contribution in [0.2, 0.25) is 0 Å². The Morgan fingerprint density at radius 3 is 2.24 bits per heavy atom. The highest BCUT2D eigenvalue weighted by molar-refractivity contribution is 5.92. The number of carbonyl (C=O) groups is 1. The average molecular weight is 385 g/mol. The maximum atomic E-state index is 13.1. The summed E-state index contributed by atoms with van der Waals surface area (Å²) in [6.07, 6.45) is 3.28. The predicted octanol–water partition coefficient (Wildman–Crippen LogP) is 3.95. The molecule has 0 aliphatic rings. The van der Waals surface area contributed by atoms with Crippen LogP contribution >= 0.6 is 0 Å². The Bertz CT molecular complexity index is 1130. The van der Waals surface area contributed by atoms with Crippen LogP contribution in [0.15, 0.2) is 73.2 Å². The number of rotatable bonds is 5. The van der Waals surface area contributed by atoms with Crippen molar-refractivity contribution in [3.8, 4) is 11.4 Å². The second-order valence-electron chi connectivity index (χ2n) is 7.04. The van der Waals surface area contributed by atoms with Gasteiger partial charge in [0, 0.05) is 30.5 Å². The zero-order valence-corrected chi connectivity index (χ0v) is 16.8. The lowest BCUT2D eigenvalue weighted by atomic mass is 10.2. The lowest BCUT2D eigenvalue weighted by molar-refractivity contribution is 0.0777. The number of aryl methyl sites for hydroxylation is 1. The molecule has 4 aromatic rings. The normalized spacial score (nSPS) is 10.9. The summed E-state index contributed by atoms with van der Waals surface area (Å²) in [6, 6.07) is 19.8. The summed E-state index contributed by atoms with van der Waals surface area (Å²) in [4.78, 5) is 19.0. The van der Waals surface area contributed by atoms with E-state index in [0.717, 1.165) is 28.3 Å². The molecule has 0 fully saturated rings. The van der Waals surface area contributed by atoms with Gasteiger partial charge in [0.15, 0.2) is 0 Å². The van der Waals surface area contributed by atoms with E-state index >= 15 is 0 Å². The lowest BCUT2D eigenvalue weighted by Crippen LogP contribution is -2.28. The van der Waals surface area contributed by atoms with Gasteiger partial charge >= 0.3 is 0 Å². The van der Waals surface area contributed by atoms with E-state index in [1.807, 2.05) is 90.8 Å². The largest absolute Gasteiger partial charge is 0.336 e. The second kappa shape index (κ2) is 7.75. The minimum absolute atomic E-state index is 0.0855. The number of para-hydroxylation sites is 2. The first kappa shape index (κ1) is 18.7. The van der Waals surface area contributed by atoms with Crippen molar-refractivity contribution in [2.24, 2.45) is 0 Å². The zero-order valence-electron chi connectivity index (χ0n) is 16.8. The fourth-order valence-electron chi connectivity index (χ4n) is 3.48. The monoisotopic (exact) mass is 385 g/mol. The van der Waals surface area contributed by atoms with E-state index in [1.165, 1.54) is 0 Å². The lowest BCUT2D eigenvalue weighted by Gasteiger charge is -2.18. The summed E-state index contributed by atoms with van der Waals surface area (Å²) in [7, 11) is 1.81. The summed E-state index contributed by atoms with van der Waals surface area (Å²) in [5, 5.41) is 4.68. The molecule has 0 radical (unpaired) electrons. The Labute approximate surface area is 170 Å². The van der Waals surface area contributed by atoms with Crippen molar-refractivity contribution in [2.75, 3.05) is 7.05 Å². The number of imidazole rings is 1. The predicted molar refractivity (Wildman–Crippen MR) is 112 cm³/mol. The Morgan fingerprint density at radius 2 is 1.59 bits per heavy atom. The molecule has 0 saturated carbocycles. The first-order valence-corrected chi connectivity index (χ1v) is 9.50. The maximum Gasteiger partial charge on any atom is 0.272 e. The van der Waals surface area contributed by atoms with Gasteiger partial charge in [0.2, 0.25) is 0 Å². The molecule has 2 aromatic carbocycles. The molecule has 0 unspecified atom stereocenters. The van der Waals surface area contributed by atoms with E-state index in [9.17, 15) is 4.79 Å². The van der Waals surface area contributed by atoms with Crippen LogP contribution in [0.1, 0.15) is 27.4 Å². The van der Waals surface area contributed by atoms with Crippen molar-refractivity contribution in [3.63, 3.8) is 0 Å². The van der Waals surface area contributed by atoms with Gasteiger partial charge in [0.05, 0.1) is 23.9 Å². The minimum Gasteiger partial charge on any atom is -0.336 e. The summed E-state index contributed by atoms with van der Waals surface area (Å²) in [5.74, 6) is -0.0855. The van der Waals surface area contributed by atoms with Crippen molar-refractivity contribution in [1.29, 1.82) is 0 Å². The van der Waals surface area contributed by atoms with Crippen molar-refractivity contribution < 1.29 is 4.79 Å². The molecule has 1 amide bonds. The van der Waals surface area contributed by atoms with Crippen LogP contribution in [0.25, 0.3) is 11.4 Å². The van der Waals surface area contributed by atoms with Gasteiger partial charge in [-0.15, -0.1) is 0 Å². The smallest absolute Gasteiger partial charge is 0.272 e. The number of aromatic nitrogens is 4. The van der Waals surface area contributed by atoms with E-state index in [-0.39, 0.29) is 5.91 Å². The van der Waals surface area contributed by atoms with Gasteiger partial charge in [-0.3, -0.25) is 9.36 Å². The average Bonchev–Trinajstić information content (AvgIpc) is 3.35. The number of hydrogen-bond donors (Lipinski definition) is 0. The highest BCUT2D eigenvalue weighted by atomic mass is 16.2. The SMILES string of the molecule is Cc1nn(-c2ccccc2)c(C)c1CN(C)C(=O)c1cncn1-c1ccccc1. The van der Waals surface area contributed by atoms with Crippen LogP contribution in [0.3, 0.4) is 0 Å². The topological polar surface area (TPSA) is 56.0 Å². The van der Waals surface area contributed by atoms with Crippen LogP contribution in [-0.4, -0.2) is 37.2 Å². The van der Waals surface area contributed by atoms with Gasteiger partial charge in [0.1, 0.15) is 5.69 Å². The van der Waals surface area contributed by atoms with Gasteiger partial charge in [-0.25, -0.2) is 9.67 Å². The molecule has 0 aliphatic carbocycles. The third kappa shape index (κ3) is 3.57. The molecule has 0 bridgehead atoms. The Hall–Kier alpha value is -3.67. The summed E-state index contributed by atoms with van der Waals surface area (Å²) < 4.78 is 3.74. The van der Waals surface area contributed by atoms with E-state index in [1.54, 1.807) is 17.4 Å². The molecule has 0 N–H and O–H groups in total. The number of nitrogens with zero attached hydrogens (tertiary/aromatic N) is 5. The standard InChI is InChI=1S/C23H23N5O/c1-17-21(18(2)28(25-17)20-12-8-5-9-13-20)15-26(3)23(29)22-14-24-16-27(22)19-10-6-4-7-11-19/h4-14,16H,15H2,1-3H3. The molecule has 0 saturated heterocycles. The molecule has 0 spiro atoms. The molecule has 6 heteroatoms. The molecule has 0 atom stereocenters. The van der Waals surface area contributed by atoms with Crippen LogP contribution < -0.4 is 0 Å². The molecule has 6 nitrogen and oxygen atoms in total. The van der Waals surface area contributed by atoms with Crippen molar-refractivity contribution in [2.45, 2.75) is 20.4 Å². The highest BCUT2D eigenvalue weighted by Gasteiger charge is 2.21. The minimum atomic E-state index is -0.0855. The number of hydrogen-bond acceptors (Lipinski definition) is 3. The molecule has 2 heterocycles. The van der Waals surface area contributed by atoms with Gasteiger partial charge in [-0.1, -0.05) is 36.4 Å². The second-order valence-corrected chi connectivity index (χ2v) is 7.04. The Morgan fingerprint density at radius 1 is 0.966 bits per heavy atom. The van der Waals surface area contributed by atoms with Crippen LogP contribution in [0.5, 0.6) is 0 Å². The summed E-state index contributed by atoms with van der Waals surface area (Å²) in [5.41, 5.74) is 5.45. The zero-order chi connectivity index (χ0) is 20.4. The van der Waals surface area contributed by atoms with Gasteiger partial charge in [-0.2, -0.15) is 5.10 Å². The number of benzene rings is 2. The highest BCUT2D eigenvalue weighted by Crippen LogP contribution is 2.20. The maximum absolute atomic E-state index is 13.1. The summed E-state index contributed by atoms with van der Waals surface area (Å²) >= 11 is 0. The van der Waals surface area contributed by atoms with E-state index in [0.29, 0.717) is 12.2 Å². The molecular weight excluding hydrogens is 362 g/mol. The molecule has 0 aliphatic heterocycles. The fourth-order valence-corrected chi connectivity index (χ4v) is 3.48. The van der Waals surface area contributed by atoms with Gasteiger partial charge in [0.25, 0.3) is 5.91 Å². The third-order valence-corrected chi connectivity index (χ3v) is 5.08. The molecule has 4 rings (SSSR count). The van der Waals surface area contributed by atoms with E-state index < -0.39 is 0 Å². The third-order valence-electron chi connectivity index (χ3n) is 5.08. The summed E-state index contributed by atoms with van der Waals surface area (Å²) in [6.45, 7) is 4.49. The van der Waals surface area contributed by atoms with Crippen LogP contribution in [0.4, 0.5) is 0 Å². The van der Waals surface area contributed by atoms with E-state index in [2.05, 4.69) is 10.1 Å². The number of amides is 1. The van der Waals surface area contributed by atoms with Crippen molar-refractivity contribution in [1.82, 2.24) is 24.2 Å². The molecular formula is C23H23N5O. The first-order chi connectivity index (χ1) is 14.1. The van der Waals surface area contributed by atoms with Gasteiger partial charge < -0.3 is 4.90 Å². The molecule has 2 aromatic heterocycles. The number of carbonyl (C=O) groups excluding carboxylic acids is 1. The first-order valence-electron chi connectivity index (χ1n) is 9.50. The molecule has 29 heavy (non-hydrogen) atoms. The van der Waals surface area contributed by atoms with Crippen molar-refractivity contribution in [3.05, 3.63) is 95.8 Å². The van der Waals surface area contributed by atoms with E-state index in [4.69, 9.17) is 0 Å². The van der Waals surface area contributed by atoms with Gasteiger partial charge in [-0.05, 0) is 38.1 Å². The fraction of sp³-hybridized carbons (Fsp3) is 0.174. The van der Waals surface area contributed by atoms with Crippen LogP contribution in [0, 0.1) is 13.8 Å². The van der Waals surface area contributed by atoms with Crippen molar-refractivity contribution >= 4 is 5.91 Å². The Balaban J connectivity index is 1.60. The Kier molecular flexibility index (Phi) is 4.99. The quantitative estimate of drug-likeness (QED) is 0.523. The van der Waals surface area contributed by atoms with Crippen LogP contribution in [-0.2, 0) is 6.54 Å².